The van der Waals surface area contributed by atoms with E-state index in [2.05, 4.69) is 20.1 Å². The lowest BCUT2D eigenvalue weighted by atomic mass is 10.0. The Hall–Kier alpha value is -0.560. The number of rotatable bonds is 6. The van der Waals surface area contributed by atoms with Crippen molar-refractivity contribution >= 4 is 0 Å². The zero-order chi connectivity index (χ0) is 8.69. The standard InChI is InChI=1S/C10H19N/c1-9(2)6-7-10(3)5-4-8-11/h1,3-8,11H2,2H3. The highest BCUT2D eigenvalue weighted by Gasteiger charge is 1.93. The van der Waals surface area contributed by atoms with Crippen LogP contribution in [0.3, 0.4) is 0 Å². The van der Waals surface area contributed by atoms with Gasteiger partial charge in [-0.2, -0.15) is 0 Å². The molecule has 0 fully saturated rings. The topological polar surface area (TPSA) is 26.0 Å². The van der Waals surface area contributed by atoms with Gasteiger partial charge in [-0.05, 0) is 39.2 Å². The third kappa shape index (κ3) is 7.34. The maximum absolute atomic E-state index is 5.37. The summed E-state index contributed by atoms with van der Waals surface area (Å²) in [7, 11) is 0. The third-order valence-corrected chi connectivity index (χ3v) is 1.64. The summed E-state index contributed by atoms with van der Waals surface area (Å²) < 4.78 is 0. The molecule has 1 nitrogen and oxygen atoms in total. The van der Waals surface area contributed by atoms with E-state index in [1.165, 1.54) is 11.1 Å². The first-order valence-corrected chi connectivity index (χ1v) is 4.18. The SMILES string of the molecule is C=C(C)CCC(=C)CCCN. The first-order chi connectivity index (χ1) is 5.16. The summed E-state index contributed by atoms with van der Waals surface area (Å²) in [5.74, 6) is 0. The molecule has 1 heteroatoms. The Kier molecular flexibility index (Phi) is 5.86. The Bertz CT molecular complexity index is 136. The molecule has 0 heterocycles. The zero-order valence-corrected chi connectivity index (χ0v) is 7.53. The molecule has 11 heavy (non-hydrogen) atoms. The van der Waals surface area contributed by atoms with Crippen LogP contribution in [0.5, 0.6) is 0 Å². The first-order valence-electron chi connectivity index (χ1n) is 4.18. The van der Waals surface area contributed by atoms with Crippen LogP contribution in [-0.4, -0.2) is 6.54 Å². The maximum atomic E-state index is 5.37. The van der Waals surface area contributed by atoms with Crippen molar-refractivity contribution in [2.24, 2.45) is 5.73 Å². The van der Waals surface area contributed by atoms with Crippen LogP contribution in [0.1, 0.15) is 32.6 Å². The number of hydrogen-bond donors (Lipinski definition) is 1. The quantitative estimate of drug-likeness (QED) is 0.583. The van der Waals surface area contributed by atoms with Gasteiger partial charge in [0.2, 0.25) is 0 Å². The van der Waals surface area contributed by atoms with Crippen molar-refractivity contribution in [2.45, 2.75) is 32.6 Å². The maximum Gasteiger partial charge on any atom is -0.00742 e. The van der Waals surface area contributed by atoms with Crippen LogP contribution in [0.15, 0.2) is 24.3 Å². The van der Waals surface area contributed by atoms with Gasteiger partial charge in [0.05, 0.1) is 0 Å². The molecule has 0 bridgehead atoms. The molecule has 0 aromatic heterocycles. The molecule has 0 spiro atoms. The van der Waals surface area contributed by atoms with Crippen molar-refractivity contribution in [1.82, 2.24) is 0 Å². The number of nitrogens with two attached hydrogens (primary N) is 1. The Morgan fingerprint density at radius 1 is 1.18 bits per heavy atom. The van der Waals surface area contributed by atoms with Crippen LogP contribution in [0.2, 0.25) is 0 Å². The predicted octanol–water partition coefficient (Wildman–Crippen LogP) is 2.64. The van der Waals surface area contributed by atoms with Crippen molar-refractivity contribution in [3.05, 3.63) is 24.3 Å². The van der Waals surface area contributed by atoms with Crippen molar-refractivity contribution in [2.75, 3.05) is 6.54 Å². The molecule has 0 aromatic rings. The molecule has 0 aliphatic rings. The van der Waals surface area contributed by atoms with Gasteiger partial charge in [-0.3, -0.25) is 0 Å². The van der Waals surface area contributed by atoms with Crippen LogP contribution in [0.25, 0.3) is 0 Å². The Morgan fingerprint density at radius 3 is 2.27 bits per heavy atom. The average Bonchev–Trinajstić information content (AvgIpc) is 1.97. The molecule has 0 radical (unpaired) electrons. The minimum atomic E-state index is 0.770. The molecule has 0 unspecified atom stereocenters. The van der Waals surface area contributed by atoms with E-state index < -0.39 is 0 Å². The van der Waals surface area contributed by atoms with Gasteiger partial charge in [0.15, 0.2) is 0 Å². The second-order valence-electron chi connectivity index (χ2n) is 3.10. The van der Waals surface area contributed by atoms with Crippen molar-refractivity contribution in [1.29, 1.82) is 0 Å². The molecule has 0 atom stereocenters. The predicted molar refractivity (Wildman–Crippen MR) is 51.5 cm³/mol. The lowest BCUT2D eigenvalue weighted by Crippen LogP contribution is -1.98. The summed E-state index contributed by atoms with van der Waals surface area (Å²) in [5, 5.41) is 0. The minimum Gasteiger partial charge on any atom is -0.330 e. The molecule has 0 aliphatic heterocycles. The van der Waals surface area contributed by atoms with Gasteiger partial charge in [-0.1, -0.05) is 17.7 Å². The highest BCUT2D eigenvalue weighted by atomic mass is 14.5. The van der Waals surface area contributed by atoms with E-state index in [9.17, 15) is 0 Å². The molecule has 0 amide bonds. The second-order valence-corrected chi connectivity index (χ2v) is 3.10. The van der Waals surface area contributed by atoms with Gasteiger partial charge < -0.3 is 5.73 Å². The van der Waals surface area contributed by atoms with Crippen LogP contribution >= 0.6 is 0 Å². The van der Waals surface area contributed by atoms with E-state index >= 15 is 0 Å². The van der Waals surface area contributed by atoms with Crippen LogP contribution < -0.4 is 5.73 Å². The molecule has 0 saturated heterocycles. The summed E-state index contributed by atoms with van der Waals surface area (Å²) >= 11 is 0. The fourth-order valence-electron chi connectivity index (χ4n) is 0.867. The normalized spacial score (nSPS) is 9.64. The fraction of sp³-hybridized carbons (Fsp3) is 0.600. The highest BCUT2D eigenvalue weighted by Crippen LogP contribution is 2.12. The first kappa shape index (κ1) is 10.4. The van der Waals surface area contributed by atoms with E-state index in [0.717, 1.165) is 32.2 Å². The monoisotopic (exact) mass is 153 g/mol. The summed E-state index contributed by atoms with van der Waals surface area (Å²) in [6.07, 6.45) is 4.29. The summed E-state index contributed by atoms with van der Waals surface area (Å²) in [6.45, 7) is 10.6. The molecular formula is C10H19N. The molecule has 64 valence electrons. The smallest absolute Gasteiger partial charge is 0.00742 e. The number of hydrogen-bond acceptors (Lipinski definition) is 1. The fourth-order valence-corrected chi connectivity index (χ4v) is 0.867. The molecule has 0 aliphatic carbocycles. The summed E-state index contributed by atoms with van der Waals surface area (Å²) in [4.78, 5) is 0. The van der Waals surface area contributed by atoms with Gasteiger partial charge in [-0.15, -0.1) is 6.58 Å². The molecule has 0 aromatic carbocycles. The highest BCUT2D eigenvalue weighted by molar-refractivity contribution is 4.99. The Balaban J connectivity index is 3.30. The third-order valence-electron chi connectivity index (χ3n) is 1.64. The Labute approximate surface area is 70.0 Å². The van der Waals surface area contributed by atoms with E-state index in [4.69, 9.17) is 5.73 Å². The number of allylic oxidation sites excluding steroid dienone is 2. The van der Waals surface area contributed by atoms with Gasteiger partial charge in [0.1, 0.15) is 0 Å². The molecule has 2 N–H and O–H groups in total. The Morgan fingerprint density at radius 2 is 1.82 bits per heavy atom. The minimum absolute atomic E-state index is 0.770. The summed E-state index contributed by atoms with van der Waals surface area (Å²) in [5.41, 5.74) is 7.91. The largest absolute Gasteiger partial charge is 0.330 e. The van der Waals surface area contributed by atoms with E-state index in [-0.39, 0.29) is 0 Å². The van der Waals surface area contributed by atoms with Crippen LogP contribution in [0, 0.1) is 0 Å². The molecular weight excluding hydrogens is 134 g/mol. The molecule has 0 saturated carbocycles. The van der Waals surface area contributed by atoms with Gasteiger partial charge in [-0.25, -0.2) is 0 Å². The van der Waals surface area contributed by atoms with E-state index in [0.29, 0.717) is 0 Å². The van der Waals surface area contributed by atoms with Gasteiger partial charge >= 0.3 is 0 Å². The zero-order valence-electron chi connectivity index (χ0n) is 7.53. The van der Waals surface area contributed by atoms with Crippen molar-refractivity contribution in [3.8, 4) is 0 Å². The van der Waals surface area contributed by atoms with Crippen LogP contribution in [0.4, 0.5) is 0 Å². The van der Waals surface area contributed by atoms with Crippen LogP contribution in [-0.2, 0) is 0 Å². The average molecular weight is 153 g/mol. The van der Waals surface area contributed by atoms with E-state index in [1.54, 1.807) is 0 Å². The second kappa shape index (κ2) is 6.17. The van der Waals surface area contributed by atoms with E-state index in [1.807, 2.05) is 0 Å². The summed E-state index contributed by atoms with van der Waals surface area (Å²) in [6, 6.07) is 0. The van der Waals surface area contributed by atoms with Gasteiger partial charge in [0.25, 0.3) is 0 Å². The molecule has 0 rings (SSSR count). The van der Waals surface area contributed by atoms with Crippen molar-refractivity contribution < 1.29 is 0 Å². The lowest BCUT2D eigenvalue weighted by molar-refractivity contribution is 0.776. The van der Waals surface area contributed by atoms with Crippen molar-refractivity contribution in [3.63, 3.8) is 0 Å². The lowest BCUT2D eigenvalue weighted by Gasteiger charge is -2.03. The van der Waals surface area contributed by atoms with Gasteiger partial charge in [0, 0.05) is 0 Å².